The zero-order chi connectivity index (χ0) is 23.4. The Morgan fingerprint density at radius 2 is 1.70 bits per heavy atom. The van der Waals surface area contributed by atoms with Crippen LogP contribution < -0.4 is 16.4 Å². The molecular formula is C23H24ClN5O3S. The number of aromatic nitrogens is 1. The van der Waals surface area contributed by atoms with Crippen molar-refractivity contribution in [2.24, 2.45) is 5.73 Å². The molecule has 2 amide bonds. The normalized spacial score (nSPS) is 14.7. The molecular weight excluding hydrogens is 462 g/mol. The lowest BCUT2D eigenvalue weighted by molar-refractivity contribution is 0.248. The second kappa shape index (κ2) is 9.88. The van der Waals surface area contributed by atoms with Crippen molar-refractivity contribution in [3.63, 3.8) is 0 Å². The van der Waals surface area contributed by atoms with Crippen LogP contribution in [0.1, 0.15) is 5.56 Å². The molecule has 1 fully saturated rings. The van der Waals surface area contributed by atoms with Crippen LogP contribution in [0.15, 0.2) is 65.8 Å². The van der Waals surface area contributed by atoms with Crippen molar-refractivity contribution >= 4 is 27.7 Å². The summed E-state index contributed by atoms with van der Waals surface area (Å²) in [6.07, 6.45) is 3.18. The molecule has 0 spiro atoms. The fraction of sp³-hybridized carbons (Fsp3) is 0.217. The van der Waals surface area contributed by atoms with Crippen LogP contribution in [0.5, 0.6) is 0 Å². The Kier molecular flexibility index (Phi) is 6.94. The minimum absolute atomic E-state index is 0.113. The number of primary amides is 1. The van der Waals surface area contributed by atoms with Crippen LogP contribution >= 0.6 is 11.6 Å². The van der Waals surface area contributed by atoms with Crippen molar-refractivity contribution in [1.82, 2.24) is 19.9 Å². The van der Waals surface area contributed by atoms with Gasteiger partial charge in [0.15, 0.2) is 0 Å². The van der Waals surface area contributed by atoms with Crippen LogP contribution in [-0.2, 0) is 16.6 Å². The molecule has 0 unspecified atom stereocenters. The van der Waals surface area contributed by atoms with E-state index in [-0.39, 0.29) is 11.4 Å². The highest BCUT2D eigenvalue weighted by molar-refractivity contribution is 7.89. The van der Waals surface area contributed by atoms with Crippen molar-refractivity contribution in [2.45, 2.75) is 11.4 Å². The molecule has 0 atom stereocenters. The molecule has 1 saturated heterocycles. The molecule has 172 valence electrons. The number of nitrogens with two attached hydrogens (primary N) is 1. The van der Waals surface area contributed by atoms with Gasteiger partial charge in [-0.2, -0.15) is 4.31 Å². The molecule has 0 radical (unpaired) electrons. The first-order valence-corrected chi connectivity index (χ1v) is 12.3. The third-order valence-electron chi connectivity index (χ3n) is 5.50. The number of hydrogen-bond acceptors (Lipinski definition) is 5. The number of hydrogen-bond donors (Lipinski definition) is 3. The zero-order valence-electron chi connectivity index (χ0n) is 17.8. The van der Waals surface area contributed by atoms with Gasteiger partial charge in [-0.1, -0.05) is 48.0 Å². The van der Waals surface area contributed by atoms with Gasteiger partial charge in [0.05, 0.1) is 4.90 Å². The van der Waals surface area contributed by atoms with Gasteiger partial charge in [0.25, 0.3) is 0 Å². The van der Waals surface area contributed by atoms with E-state index < -0.39 is 16.1 Å². The molecule has 0 bridgehead atoms. The summed E-state index contributed by atoms with van der Waals surface area (Å²) >= 11 is 6.49. The summed E-state index contributed by atoms with van der Waals surface area (Å²) in [7, 11) is -3.88. The van der Waals surface area contributed by atoms with Crippen LogP contribution in [0.4, 0.5) is 4.79 Å². The van der Waals surface area contributed by atoms with Gasteiger partial charge in [-0.3, -0.25) is 4.98 Å². The molecule has 8 nitrogen and oxygen atoms in total. The van der Waals surface area contributed by atoms with E-state index in [0.29, 0.717) is 59.0 Å². The number of sulfonamides is 1. The minimum atomic E-state index is -3.88. The van der Waals surface area contributed by atoms with Gasteiger partial charge >= 0.3 is 6.03 Å². The monoisotopic (exact) mass is 485 g/mol. The molecule has 1 aliphatic rings. The Balaban J connectivity index is 1.97. The summed E-state index contributed by atoms with van der Waals surface area (Å²) in [6.45, 7) is 2.00. The molecule has 4 rings (SSSR count). The van der Waals surface area contributed by atoms with Crippen molar-refractivity contribution < 1.29 is 13.2 Å². The smallest absolute Gasteiger partial charge is 0.312 e. The largest absolute Gasteiger partial charge is 0.352 e. The Labute approximate surface area is 197 Å². The first kappa shape index (κ1) is 23.2. The van der Waals surface area contributed by atoms with Crippen LogP contribution in [0.25, 0.3) is 22.3 Å². The van der Waals surface area contributed by atoms with Gasteiger partial charge in [-0.15, -0.1) is 0 Å². The number of benzene rings is 2. The van der Waals surface area contributed by atoms with Gasteiger partial charge < -0.3 is 16.4 Å². The number of urea groups is 1. The van der Waals surface area contributed by atoms with E-state index in [2.05, 4.69) is 15.6 Å². The number of nitrogens with one attached hydrogen (secondary N) is 2. The molecule has 0 saturated carbocycles. The van der Waals surface area contributed by atoms with E-state index in [4.69, 9.17) is 17.3 Å². The maximum absolute atomic E-state index is 14.0. The van der Waals surface area contributed by atoms with Crippen molar-refractivity contribution in [3.05, 3.63) is 71.5 Å². The Bertz CT molecular complexity index is 1280. The van der Waals surface area contributed by atoms with Crippen LogP contribution in [-0.4, -0.2) is 49.9 Å². The molecule has 0 aliphatic carbocycles. The average molecular weight is 486 g/mol. The van der Waals surface area contributed by atoms with Gasteiger partial charge in [0.2, 0.25) is 10.0 Å². The van der Waals surface area contributed by atoms with Crippen LogP contribution in [0.3, 0.4) is 0 Å². The topological polar surface area (TPSA) is 117 Å². The quantitative estimate of drug-likeness (QED) is 0.496. The second-order valence-electron chi connectivity index (χ2n) is 7.57. The third kappa shape index (κ3) is 4.86. The summed E-state index contributed by atoms with van der Waals surface area (Å²) in [4.78, 5) is 15.6. The van der Waals surface area contributed by atoms with E-state index in [1.54, 1.807) is 54.9 Å². The van der Waals surface area contributed by atoms with Gasteiger partial charge in [-0.25, -0.2) is 13.2 Å². The van der Waals surface area contributed by atoms with E-state index in [9.17, 15) is 13.2 Å². The molecule has 10 heteroatoms. The highest BCUT2D eigenvalue weighted by atomic mass is 35.5. The minimum Gasteiger partial charge on any atom is -0.352 e. The molecule has 33 heavy (non-hydrogen) atoms. The standard InChI is InChI=1S/C23H24ClN5O3S/c24-21-7-2-1-4-18(21)20-6-3-5-19(17-8-9-27-14-16(17)15-28-23(25)30)22(20)33(31,32)29-12-10-26-11-13-29/h1-9,14,26H,10-13,15H2,(H3,25,28,30). The molecule has 1 aromatic heterocycles. The zero-order valence-corrected chi connectivity index (χ0v) is 19.4. The number of carbonyl (C=O) groups is 1. The Morgan fingerprint density at radius 3 is 2.39 bits per heavy atom. The number of piperazine rings is 1. The summed E-state index contributed by atoms with van der Waals surface area (Å²) < 4.78 is 29.5. The van der Waals surface area contributed by atoms with Gasteiger partial charge in [-0.05, 0) is 23.3 Å². The maximum Gasteiger partial charge on any atom is 0.312 e. The van der Waals surface area contributed by atoms with Gasteiger partial charge in [0.1, 0.15) is 0 Å². The number of pyridine rings is 1. The number of halogens is 1. The highest BCUT2D eigenvalue weighted by Gasteiger charge is 2.32. The summed E-state index contributed by atoms with van der Waals surface area (Å²) in [5, 5.41) is 6.20. The lowest BCUT2D eigenvalue weighted by atomic mass is 9.96. The molecule has 3 aromatic rings. The maximum atomic E-state index is 14.0. The Morgan fingerprint density at radius 1 is 1.03 bits per heavy atom. The van der Waals surface area contributed by atoms with E-state index in [0.717, 1.165) is 0 Å². The second-order valence-corrected chi connectivity index (χ2v) is 9.85. The van der Waals surface area contributed by atoms with Crippen molar-refractivity contribution in [3.8, 4) is 22.3 Å². The van der Waals surface area contributed by atoms with Crippen LogP contribution in [0, 0.1) is 0 Å². The summed E-state index contributed by atoms with van der Waals surface area (Å²) in [6, 6.07) is 13.6. The number of rotatable bonds is 6. The van der Waals surface area contributed by atoms with Crippen molar-refractivity contribution in [1.29, 1.82) is 0 Å². The lowest BCUT2D eigenvalue weighted by Gasteiger charge is -2.29. The Hall–Kier alpha value is -2.98. The first-order valence-electron chi connectivity index (χ1n) is 10.4. The predicted molar refractivity (Wildman–Crippen MR) is 128 cm³/mol. The summed E-state index contributed by atoms with van der Waals surface area (Å²) in [5.74, 6) is 0. The van der Waals surface area contributed by atoms with Crippen molar-refractivity contribution in [2.75, 3.05) is 26.2 Å². The van der Waals surface area contributed by atoms with E-state index in [1.165, 1.54) is 4.31 Å². The van der Waals surface area contributed by atoms with Crippen LogP contribution in [0.2, 0.25) is 5.02 Å². The predicted octanol–water partition coefficient (Wildman–Crippen LogP) is 2.83. The molecule has 4 N–H and O–H groups in total. The van der Waals surface area contributed by atoms with E-state index >= 15 is 0 Å². The third-order valence-corrected chi connectivity index (χ3v) is 7.83. The van der Waals surface area contributed by atoms with E-state index in [1.807, 2.05) is 6.07 Å². The highest BCUT2D eigenvalue weighted by Crippen LogP contribution is 2.40. The first-order chi connectivity index (χ1) is 15.9. The molecule has 2 aromatic carbocycles. The molecule has 2 heterocycles. The SMILES string of the molecule is NC(=O)NCc1cnccc1-c1cccc(-c2ccccc2Cl)c1S(=O)(=O)N1CCNCC1. The number of carbonyl (C=O) groups excluding carboxylic acids is 1. The number of nitrogens with zero attached hydrogens (tertiary/aromatic N) is 2. The lowest BCUT2D eigenvalue weighted by Crippen LogP contribution is -2.46. The average Bonchev–Trinajstić information content (AvgIpc) is 2.83. The fourth-order valence-corrected chi connectivity index (χ4v) is 6.02. The van der Waals surface area contributed by atoms with Gasteiger partial charge in [0, 0.05) is 66.8 Å². The molecule has 1 aliphatic heterocycles. The number of amides is 2. The fourth-order valence-electron chi connectivity index (χ4n) is 3.95. The summed E-state index contributed by atoms with van der Waals surface area (Å²) in [5.41, 5.74) is 8.18.